The summed E-state index contributed by atoms with van der Waals surface area (Å²) < 4.78 is 5.70. The van der Waals surface area contributed by atoms with Gasteiger partial charge in [-0.2, -0.15) is 0 Å². The van der Waals surface area contributed by atoms with E-state index in [0.717, 1.165) is 35.9 Å². The number of benzene rings is 1. The number of amides is 1. The molecule has 0 aliphatic carbocycles. The first-order valence-electron chi connectivity index (χ1n) is 7.19. The smallest absolute Gasteiger partial charge is 0.287 e. The zero-order valence-electron chi connectivity index (χ0n) is 11.9. The van der Waals surface area contributed by atoms with Crippen LogP contribution in [0.1, 0.15) is 35.9 Å². The minimum absolute atomic E-state index is 0.112. The molecule has 1 fully saturated rings. The fourth-order valence-corrected chi connectivity index (χ4v) is 2.87. The van der Waals surface area contributed by atoms with Gasteiger partial charge in [0.2, 0.25) is 0 Å². The van der Waals surface area contributed by atoms with Crippen molar-refractivity contribution in [3.8, 4) is 0 Å². The van der Waals surface area contributed by atoms with Crippen LogP contribution in [0.2, 0.25) is 0 Å². The van der Waals surface area contributed by atoms with E-state index in [2.05, 4.69) is 17.6 Å². The van der Waals surface area contributed by atoms with E-state index in [4.69, 9.17) is 4.42 Å². The summed E-state index contributed by atoms with van der Waals surface area (Å²) in [5.74, 6) is 0.322. The molecule has 2 atom stereocenters. The molecule has 2 N–H and O–H groups in total. The zero-order chi connectivity index (χ0) is 14.1. The number of hydrogen-bond acceptors (Lipinski definition) is 3. The maximum Gasteiger partial charge on any atom is 0.287 e. The van der Waals surface area contributed by atoms with Crippen LogP contribution in [0.3, 0.4) is 0 Å². The first-order chi connectivity index (χ1) is 9.66. The van der Waals surface area contributed by atoms with Crippen LogP contribution in [0.5, 0.6) is 0 Å². The van der Waals surface area contributed by atoms with E-state index >= 15 is 0 Å². The lowest BCUT2D eigenvalue weighted by Crippen LogP contribution is -2.51. The quantitative estimate of drug-likeness (QED) is 0.883. The summed E-state index contributed by atoms with van der Waals surface area (Å²) in [6.07, 6.45) is 2.10. The maximum absolute atomic E-state index is 12.4. The summed E-state index contributed by atoms with van der Waals surface area (Å²) in [6.45, 7) is 5.07. The number of aryl methyl sites for hydroxylation is 1. The molecular formula is C16H20N2O2. The van der Waals surface area contributed by atoms with Crippen molar-refractivity contribution in [2.24, 2.45) is 0 Å². The van der Waals surface area contributed by atoms with Crippen molar-refractivity contribution in [1.82, 2.24) is 10.6 Å². The lowest BCUT2D eigenvalue weighted by Gasteiger charge is -2.30. The second kappa shape index (κ2) is 5.29. The lowest BCUT2D eigenvalue weighted by atomic mass is 9.99. The molecule has 1 aliphatic rings. The van der Waals surface area contributed by atoms with Crippen molar-refractivity contribution in [3.05, 3.63) is 35.6 Å². The Labute approximate surface area is 118 Å². The zero-order valence-corrected chi connectivity index (χ0v) is 11.9. The number of carbonyl (C=O) groups is 1. The second-order valence-corrected chi connectivity index (χ2v) is 5.52. The van der Waals surface area contributed by atoms with Gasteiger partial charge in [0.15, 0.2) is 5.76 Å². The maximum atomic E-state index is 12.4. The summed E-state index contributed by atoms with van der Waals surface area (Å²) >= 11 is 0. The first kappa shape index (κ1) is 13.2. The highest BCUT2D eigenvalue weighted by Crippen LogP contribution is 2.25. The summed E-state index contributed by atoms with van der Waals surface area (Å²) in [5.41, 5.74) is 1.68. The van der Waals surface area contributed by atoms with E-state index < -0.39 is 0 Å². The Morgan fingerprint density at radius 1 is 1.40 bits per heavy atom. The average molecular weight is 272 g/mol. The third-order valence-electron chi connectivity index (χ3n) is 4.13. The standard InChI is InChI=1S/C16H20N2O2/c1-10-12-6-3-4-8-14(12)20-15(10)16(19)18-13-7-5-9-17-11(13)2/h3-4,6,8,11,13,17H,5,7,9H2,1-2H3,(H,18,19). The van der Waals surface area contributed by atoms with Gasteiger partial charge < -0.3 is 15.1 Å². The molecular weight excluding hydrogens is 252 g/mol. The highest BCUT2D eigenvalue weighted by atomic mass is 16.3. The lowest BCUT2D eigenvalue weighted by molar-refractivity contribution is 0.0893. The molecule has 106 valence electrons. The van der Waals surface area contributed by atoms with Gasteiger partial charge in [0.25, 0.3) is 5.91 Å². The average Bonchev–Trinajstić information content (AvgIpc) is 2.79. The van der Waals surface area contributed by atoms with Crippen LogP contribution in [0, 0.1) is 6.92 Å². The van der Waals surface area contributed by atoms with Crippen LogP contribution < -0.4 is 10.6 Å². The second-order valence-electron chi connectivity index (χ2n) is 5.52. The van der Waals surface area contributed by atoms with Gasteiger partial charge in [-0.3, -0.25) is 4.79 Å². The summed E-state index contributed by atoms with van der Waals surface area (Å²) in [4.78, 5) is 12.4. The minimum Gasteiger partial charge on any atom is -0.451 e. The molecule has 3 rings (SSSR count). The van der Waals surface area contributed by atoms with Crippen LogP contribution in [-0.4, -0.2) is 24.5 Å². The highest BCUT2D eigenvalue weighted by molar-refractivity contribution is 5.99. The Balaban J connectivity index is 1.83. The number of furan rings is 1. The monoisotopic (exact) mass is 272 g/mol. The van der Waals surface area contributed by atoms with Gasteiger partial charge in [-0.25, -0.2) is 0 Å². The molecule has 1 aromatic carbocycles. The Kier molecular flexibility index (Phi) is 3.49. The number of rotatable bonds is 2. The summed E-state index contributed by atoms with van der Waals surface area (Å²) in [7, 11) is 0. The molecule has 2 unspecified atom stereocenters. The van der Waals surface area contributed by atoms with Crippen LogP contribution in [-0.2, 0) is 0 Å². The Hall–Kier alpha value is -1.81. The fraction of sp³-hybridized carbons (Fsp3) is 0.438. The molecule has 1 aromatic heterocycles. The number of hydrogen-bond donors (Lipinski definition) is 2. The Morgan fingerprint density at radius 2 is 2.20 bits per heavy atom. The van der Waals surface area contributed by atoms with Crippen LogP contribution >= 0.6 is 0 Å². The third-order valence-corrected chi connectivity index (χ3v) is 4.13. The number of carbonyl (C=O) groups excluding carboxylic acids is 1. The molecule has 2 aromatic rings. The Bertz CT molecular complexity index is 632. The number of para-hydroxylation sites is 1. The molecule has 4 nitrogen and oxygen atoms in total. The van der Waals surface area contributed by atoms with E-state index in [1.54, 1.807) is 0 Å². The predicted molar refractivity (Wildman–Crippen MR) is 78.9 cm³/mol. The molecule has 1 aliphatic heterocycles. The largest absolute Gasteiger partial charge is 0.451 e. The molecule has 0 radical (unpaired) electrons. The molecule has 2 heterocycles. The molecule has 1 amide bonds. The van der Waals surface area contributed by atoms with Crippen molar-refractivity contribution in [1.29, 1.82) is 0 Å². The topological polar surface area (TPSA) is 54.3 Å². The van der Waals surface area contributed by atoms with Crippen molar-refractivity contribution >= 4 is 16.9 Å². The van der Waals surface area contributed by atoms with E-state index in [1.165, 1.54) is 0 Å². The molecule has 0 bridgehead atoms. The SMILES string of the molecule is Cc1c(C(=O)NC2CCCNC2C)oc2ccccc12. The number of piperidine rings is 1. The van der Waals surface area contributed by atoms with Crippen LogP contribution in [0.25, 0.3) is 11.0 Å². The van der Waals surface area contributed by atoms with Crippen molar-refractivity contribution in [2.75, 3.05) is 6.54 Å². The molecule has 1 saturated heterocycles. The van der Waals surface area contributed by atoms with Gasteiger partial charge in [-0.15, -0.1) is 0 Å². The van der Waals surface area contributed by atoms with E-state index in [0.29, 0.717) is 11.8 Å². The molecule has 0 spiro atoms. The molecule has 20 heavy (non-hydrogen) atoms. The minimum atomic E-state index is -0.112. The van der Waals surface area contributed by atoms with Crippen molar-refractivity contribution in [2.45, 2.75) is 38.8 Å². The first-order valence-corrected chi connectivity index (χ1v) is 7.19. The normalized spacial score (nSPS) is 22.9. The molecule has 0 saturated carbocycles. The molecule has 4 heteroatoms. The highest BCUT2D eigenvalue weighted by Gasteiger charge is 2.25. The third kappa shape index (κ3) is 2.31. The van der Waals surface area contributed by atoms with E-state index in [9.17, 15) is 4.79 Å². The van der Waals surface area contributed by atoms with E-state index in [-0.39, 0.29) is 11.9 Å². The number of fused-ring (bicyclic) bond motifs is 1. The van der Waals surface area contributed by atoms with Gasteiger partial charge in [-0.1, -0.05) is 18.2 Å². The van der Waals surface area contributed by atoms with Crippen LogP contribution in [0.15, 0.2) is 28.7 Å². The van der Waals surface area contributed by atoms with Gasteiger partial charge in [0, 0.05) is 23.0 Å². The fourth-order valence-electron chi connectivity index (χ4n) is 2.87. The van der Waals surface area contributed by atoms with Crippen molar-refractivity contribution in [3.63, 3.8) is 0 Å². The van der Waals surface area contributed by atoms with Gasteiger partial charge in [-0.05, 0) is 39.3 Å². The van der Waals surface area contributed by atoms with Crippen LogP contribution in [0.4, 0.5) is 0 Å². The Morgan fingerprint density at radius 3 is 2.95 bits per heavy atom. The van der Waals surface area contributed by atoms with Gasteiger partial charge in [0.1, 0.15) is 5.58 Å². The summed E-state index contributed by atoms with van der Waals surface area (Å²) in [5, 5.41) is 7.48. The predicted octanol–water partition coefficient (Wildman–Crippen LogP) is 2.61. The number of nitrogens with one attached hydrogen (secondary N) is 2. The van der Waals surface area contributed by atoms with Gasteiger partial charge >= 0.3 is 0 Å². The van der Waals surface area contributed by atoms with Gasteiger partial charge in [0.05, 0.1) is 0 Å². The summed E-state index contributed by atoms with van der Waals surface area (Å²) in [6, 6.07) is 8.22. The van der Waals surface area contributed by atoms with E-state index in [1.807, 2.05) is 31.2 Å². The van der Waals surface area contributed by atoms with Crippen molar-refractivity contribution < 1.29 is 9.21 Å².